The zero-order valence-corrected chi connectivity index (χ0v) is 21.4. The fourth-order valence-corrected chi connectivity index (χ4v) is 5.03. The molecule has 1 aliphatic heterocycles. The van der Waals surface area contributed by atoms with E-state index in [-0.39, 0.29) is 18.1 Å². The van der Waals surface area contributed by atoms with Gasteiger partial charge in [-0.2, -0.15) is 0 Å². The summed E-state index contributed by atoms with van der Waals surface area (Å²) in [4.78, 5) is 26.6. The molecule has 1 saturated heterocycles. The van der Waals surface area contributed by atoms with Gasteiger partial charge < -0.3 is 19.9 Å². The molecular weight excluding hydrogens is 450 g/mol. The molecule has 0 unspecified atom stereocenters. The Kier molecular flexibility index (Phi) is 6.63. The number of nitrogens with zero attached hydrogens (tertiary/aromatic N) is 4. The van der Waals surface area contributed by atoms with Crippen molar-refractivity contribution in [3.63, 3.8) is 0 Å². The number of allylic oxidation sites excluding steroid dienone is 1. The van der Waals surface area contributed by atoms with Gasteiger partial charge in [0, 0.05) is 37.7 Å². The molecule has 36 heavy (non-hydrogen) atoms. The van der Waals surface area contributed by atoms with E-state index in [1.54, 1.807) is 13.4 Å². The number of aryl methyl sites for hydroxylation is 1. The van der Waals surface area contributed by atoms with Crippen LogP contribution in [0.2, 0.25) is 0 Å². The molecular formula is C29H33N5O2. The van der Waals surface area contributed by atoms with Crippen LogP contribution >= 0.6 is 0 Å². The summed E-state index contributed by atoms with van der Waals surface area (Å²) in [7, 11) is 1.65. The maximum atomic E-state index is 13.1. The molecule has 7 nitrogen and oxygen atoms in total. The summed E-state index contributed by atoms with van der Waals surface area (Å²) in [5, 5.41) is 3.15. The van der Waals surface area contributed by atoms with Crippen LogP contribution in [0.5, 0.6) is 5.75 Å². The van der Waals surface area contributed by atoms with Crippen LogP contribution in [0.25, 0.3) is 11.6 Å². The Morgan fingerprint density at radius 1 is 1.14 bits per heavy atom. The average molecular weight is 484 g/mol. The van der Waals surface area contributed by atoms with E-state index in [9.17, 15) is 4.79 Å². The van der Waals surface area contributed by atoms with Crippen LogP contribution < -0.4 is 15.0 Å². The molecule has 1 fully saturated rings. The highest BCUT2D eigenvalue weighted by atomic mass is 16.5. The molecule has 0 spiro atoms. The lowest BCUT2D eigenvalue weighted by Crippen LogP contribution is -2.57. The summed E-state index contributed by atoms with van der Waals surface area (Å²) in [6.45, 7) is 8.27. The third-order valence-electron chi connectivity index (χ3n) is 7.17. The fourth-order valence-electron chi connectivity index (χ4n) is 5.03. The maximum absolute atomic E-state index is 13.1. The first-order chi connectivity index (χ1) is 17.4. The number of amides is 2. The summed E-state index contributed by atoms with van der Waals surface area (Å²) < 4.78 is 5.32. The second-order valence-corrected chi connectivity index (χ2v) is 9.71. The Balaban J connectivity index is 1.27. The van der Waals surface area contributed by atoms with E-state index < -0.39 is 0 Å². The molecule has 0 radical (unpaired) electrons. The Morgan fingerprint density at radius 2 is 1.94 bits per heavy atom. The summed E-state index contributed by atoms with van der Waals surface area (Å²) in [5.41, 5.74) is 6.93. The molecule has 2 amide bonds. The van der Waals surface area contributed by atoms with Gasteiger partial charge in [0.05, 0.1) is 18.8 Å². The first-order valence-electron chi connectivity index (χ1n) is 12.5. The first kappa shape index (κ1) is 23.9. The zero-order valence-electron chi connectivity index (χ0n) is 21.4. The van der Waals surface area contributed by atoms with E-state index in [2.05, 4.69) is 64.4 Å². The van der Waals surface area contributed by atoms with Crippen molar-refractivity contribution in [1.82, 2.24) is 20.2 Å². The van der Waals surface area contributed by atoms with E-state index in [1.165, 1.54) is 16.7 Å². The molecule has 2 aliphatic rings. The number of benzene rings is 2. The van der Waals surface area contributed by atoms with Crippen molar-refractivity contribution in [1.29, 1.82) is 0 Å². The number of hydrogen-bond donors (Lipinski definition) is 1. The summed E-state index contributed by atoms with van der Waals surface area (Å²) in [6, 6.07) is 16.3. The van der Waals surface area contributed by atoms with Gasteiger partial charge in [-0.1, -0.05) is 42.0 Å². The van der Waals surface area contributed by atoms with Crippen LogP contribution in [0.4, 0.5) is 10.6 Å². The number of carbonyl (C=O) groups excluding carboxylic acids is 1. The molecule has 0 bridgehead atoms. The number of hydrogen-bond acceptors (Lipinski definition) is 5. The van der Waals surface area contributed by atoms with Crippen LogP contribution in [0.1, 0.15) is 47.8 Å². The van der Waals surface area contributed by atoms with Crippen LogP contribution in [0, 0.1) is 6.92 Å². The van der Waals surface area contributed by atoms with Crippen LogP contribution in [-0.2, 0) is 6.42 Å². The van der Waals surface area contributed by atoms with E-state index in [0.717, 1.165) is 47.9 Å². The second kappa shape index (κ2) is 10.0. The molecule has 7 heteroatoms. The minimum atomic E-state index is -0.117. The minimum absolute atomic E-state index is 0.0452. The Morgan fingerprint density at radius 3 is 2.69 bits per heavy atom. The molecule has 2 aromatic carbocycles. The monoisotopic (exact) mass is 483 g/mol. The lowest BCUT2D eigenvalue weighted by Gasteiger charge is -2.41. The average Bonchev–Trinajstić information content (AvgIpc) is 3.33. The topological polar surface area (TPSA) is 70.6 Å². The number of anilines is 1. The molecule has 186 valence electrons. The van der Waals surface area contributed by atoms with Gasteiger partial charge in [-0.05, 0) is 55.7 Å². The summed E-state index contributed by atoms with van der Waals surface area (Å²) >= 11 is 0. The number of methoxy groups -OCH3 is 1. The molecule has 5 rings (SSSR count). The van der Waals surface area contributed by atoms with Crippen LogP contribution in [0.3, 0.4) is 0 Å². The van der Waals surface area contributed by atoms with Gasteiger partial charge in [-0.25, -0.2) is 14.8 Å². The van der Waals surface area contributed by atoms with Crippen molar-refractivity contribution in [3.8, 4) is 5.75 Å². The lowest BCUT2D eigenvalue weighted by molar-refractivity contribution is 0.168. The smallest absolute Gasteiger partial charge is 0.318 e. The Hall–Kier alpha value is -3.87. The fraction of sp³-hybridized carbons (Fsp3) is 0.345. The second-order valence-electron chi connectivity index (χ2n) is 9.71. The molecule has 2 atom stereocenters. The Bertz CT molecular complexity index is 1290. The van der Waals surface area contributed by atoms with Gasteiger partial charge in [0.15, 0.2) is 0 Å². The highest BCUT2D eigenvalue weighted by Crippen LogP contribution is 2.35. The molecule has 1 aliphatic carbocycles. The minimum Gasteiger partial charge on any atom is -0.497 e. The highest BCUT2D eigenvalue weighted by Gasteiger charge is 2.31. The number of aromatic nitrogens is 2. The van der Waals surface area contributed by atoms with Crippen molar-refractivity contribution < 1.29 is 9.53 Å². The Labute approximate surface area is 212 Å². The van der Waals surface area contributed by atoms with E-state index in [1.807, 2.05) is 36.1 Å². The van der Waals surface area contributed by atoms with Gasteiger partial charge >= 0.3 is 6.03 Å². The standard InChI is InChI=1S/C29H33N5O2/c1-19-8-10-22(11-9-19)24-15-26-27(16-24)30-18-31-28(26)33-12-13-34(20(2)17-33)29(35)32-21(3)23-6-5-7-25(14-23)36-4/h5-11,14-15,18,20-21H,12-13,16-17H2,1-4H3,(H,32,35)/t20-,21-/m1/s1. The lowest BCUT2D eigenvalue weighted by atomic mass is 10.0. The number of piperazine rings is 1. The van der Waals surface area contributed by atoms with Gasteiger partial charge in [0.1, 0.15) is 17.9 Å². The van der Waals surface area contributed by atoms with Crippen molar-refractivity contribution in [2.45, 2.75) is 39.3 Å². The van der Waals surface area contributed by atoms with Crippen molar-refractivity contribution >= 4 is 23.5 Å². The number of carbonyl (C=O) groups is 1. The largest absolute Gasteiger partial charge is 0.497 e. The molecule has 1 N–H and O–H groups in total. The van der Waals surface area contributed by atoms with Gasteiger partial charge in [-0.3, -0.25) is 0 Å². The molecule has 0 saturated carbocycles. The zero-order chi connectivity index (χ0) is 25.2. The SMILES string of the molecule is COc1cccc([C@@H](C)NC(=O)N2CCN(c3ncnc4c3C=C(c3ccc(C)cc3)C4)C[C@H]2C)c1. The quantitative estimate of drug-likeness (QED) is 0.561. The van der Waals surface area contributed by atoms with Gasteiger partial charge in [-0.15, -0.1) is 0 Å². The number of nitrogens with one attached hydrogen (secondary N) is 1. The molecule has 3 aromatic rings. The third kappa shape index (κ3) is 4.78. The molecule has 2 heterocycles. The first-order valence-corrected chi connectivity index (χ1v) is 12.5. The maximum Gasteiger partial charge on any atom is 0.318 e. The van der Waals surface area contributed by atoms with E-state index in [4.69, 9.17) is 4.74 Å². The van der Waals surface area contributed by atoms with Gasteiger partial charge in [0.25, 0.3) is 0 Å². The van der Waals surface area contributed by atoms with Crippen molar-refractivity contribution in [3.05, 3.63) is 82.8 Å². The van der Waals surface area contributed by atoms with E-state index >= 15 is 0 Å². The van der Waals surface area contributed by atoms with E-state index in [0.29, 0.717) is 6.54 Å². The van der Waals surface area contributed by atoms with Crippen molar-refractivity contribution in [2.24, 2.45) is 0 Å². The molecule has 1 aromatic heterocycles. The van der Waals surface area contributed by atoms with Crippen LogP contribution in [-0.4, -0.2) is 53.7 Å². The predicted octanol–water partition coefficient (Wildman–Crippen LogP) is 4.87. The number of rotatable bonds is 5. The summed E-state index contributed by atoms with van der Waals surface area (Å²) in [6.07, 6.45) is 4.71. The number of ether oxygens (including phenoxy) is 1. The number of fused-ring (bicyclic) bond motifs is 1. The predicted molar refractivity (Wildman–Crippen MR) is 143 cm³/mol. The highest BCUT2D eigenvalue weighted by molar-refractivity contribution is 5.91. The third-order valence-corrected chi connectivity index (χ3v) is 7.17. The normalized spacial score (nSPS) is 17.9. The van der Waals surface area contributed by atoms with Crippen molar-refractivity contribution in [2.75, 3.05) is 31.6 Å². The number of urea groups is 1. The van der Waals surface area contributed by atoms with Gasteiger partial charge in [0.2, 0.25) is 0 Å². The van der Waals surface area contributed by atoms with Crippen LogP contribution in [0.15, 0.2) is 54.9 Å². The summed E-state index contributed by atoms with van der Waals surface area (Å²) in [5.74, 6) is 1.74.